The maximum absolute atomic E-state index is 13.8. The van der Waals surface area contributed by atoms with Gasteiger partial charge in [0, 0.05) is 10.2 Å². The fourth-order valence-electron chi connectivity index (χ4n) is 2.16. The highest BCUT2D eigenvalue weighted by Crippen LogP contribution is 2.32. The summed E-state index contributed by atoms with van der Waals surface area (Å²) in [6, 6.07) is 9.02. The van der Waals surface area contributed by atoms with Crippen LogP contribution in [0, 0.1) is 5.82 Å². The molecule has 23 heavy (non-hydrogen) atoms. The first-order chi connectivity index (χ1) is 10.9. The molecule has 7 heteroatoms. The van der Waals surface area contributed by atoms with Gasteiger partial charge in [-0.2, -0.15) is 0 Å². The van der Waals surface area contributed by atoms with Crippen LogP contribution in [-0.4, -0.2) is 17.9 Å². The molecule has 2 aromatic carbocycles. The molecule has 0 fully saturated rings. The molecule has 0 spiro atoms. The Morgan fingerprint density at radius 3 is 2.83 bits per heavy atom. The van der Waals surface area contributed by atoms with Gasteiger partial charge in [-0.05, 0) is 43.3 Å². The molecule has 2 N–H and O–H groups in total. The largest absolute Gasteiger partial charge is 0.479 e. The minimum Gasteiger partial charge on any atom is -0.479 e. The molecule has 3 rings (SSSR count). The predicted octanol–water partition coefficient (Wildman–Crippen LogP) is 3.56. The van der Waals surface area contributed by atoms with E-state index in [2.05, 4.69) is 26.6 Å². The van der Waals surface area contributed by atoms with Crippen LogP contribution < -0.4 is 15.4 Å². The number of benzene rings is 2. The van der Waals surface area contributed by atoms with E-state index in [-0.39, 0.29) is 11.5 Å². The van der Waals surface area contributed by atoms with Gasteiger partial charge in [-0.15, -0.1) is 0 Å². The molecule has 5 nitrogen and oxygen atoms in total. The molecule has 0 aromatic heterocycles. The van der Waals surface area contributed by atoms with E-state index in [4.69, 9.17) is 4.74 Å². The molecular formula is C16H12BrFN2O3. The molecule has 0 unspecified atom stereocenters. The van der Waals surface area contributed by atoms with Gasteiger partial charge in [0.25, 0.3) is 11.8 Å². The standard InChI is InChI=1S/C16H12BrFN2O3/c1-8-15(21)20-13-7-10(3-5-14(13)23-8)19-16(22)11-4-2-9(17)6-12(11)18/h2-8H,1H3,(H,19,22)(H,20,21)/t8-/m0/s1. The summed E-state index contributed by atoms with van der Waals surface area (Å²) in [6.45, 7) is 1.64. The van der Waals surface area contributed by atoms with E-state index in [0.29, 0.717) is 21.6 Å². The van der Waals surface area contributed by atoms with Crippen molar-refractivity contribution >= 4 is 39.1 Å². The summed E-state index contributed by atoms with van der Waals surface area (Å²) in [6.07, 6.45) is -0.570. The van der Waals surface area contributed by atoms with E-state index in [1.165, 1.54) is 12.1 Å². The topological polar surface area (TPSA) is 67.4 Å². The van der Waals surface area contributed by atoms with Crippen molar-refractivity contribution in [2.24, 2.45) is 0 Å². The molecule has 0 aliphatic carbocycles. The third-order valence-electron chi connectivity index (χ3n) is 3.34. The Labute approximate surface area is 140 Å². The number of hydrogen-bond acceptors (Lipinski definition) is 3. The average Bonchev–Trinajstić information content (AvgIpc) is 2.48. The van der Waals surface area contributed by atoms with E-state index >= 15 is 0 Å². The molecule has 1 aliphatic rings. The highest BCUT2D eigenvalue weighted by atomic mass is 79.9. The van der Waals surface area contributed by atoms with Crippen LogP contribution >= 0.6 is 15.9 Å². The minimum atomic E-state index is -0.625. The first kappa shape index (κ1) is 15.5. The fourth-order valence-corrected chi connectivity index (χ4v) is 2.49. The van der Waals surface area contributed by atoms with Crippen LogP contribution in [0.5, 0.6) is 5.75 Å². The Hall–Kier alpha value is -2.41. The molecule has 0 radical (unpaired) electrons. The zero-order chi connectivity index (χ0) is 16.6. The second-order valence-electron chi connectivity index (χ2n) is 5.04. The Balaban J connectivity index is 1.82. The van der Waals surface area contributed by atoms with Crippen molar-refractivity contribution in [2.45, 2.75) is 13.0 Å². The van der Waals surface area contributed by atoms with Crippen molar-refractivity contribution in [2.75, 3.05) is 10.6 Å². The third-order valence-corrected chi connectivity index (χ3v) is 3.84. The number of rotatable bonds is 2. The maximum Gasteiger partial charge on any atom is 0.265 e. The summed E-state index contributed by atoms with van der Waals surface area (Å²) in [4.78, 5) is 23.8. The SMILES string of the molecule is C[C@@H]1Oc2ccc(NC(=O)c3ccc(Br)cc3F)cc2NC1=O. The van der Waals surface area contributed by atoms with Crippen molar-refractivity contribution in [1.29, 1.82) is 0 Å². The quantitative estimate of drug-likeness (QED) is 0.839. The summed E-state index contributed by atoms with van der Waals surface area (Å²) in [5.41, 5.74) is 0.816. The summed E-state index contributed by atoms with van der Waals surface area (Å²) in [7, 11) is 0. The van der Waals surface area contributed by atoms with E-state index in [0.717, 1.165) is 0 Å². The molecule has 0 bridgehead atoms. The third kappa shape index (κ3) is 3.19. The van der Waals surface area contributed by atoms with Gasteiger partial charge in [0.05, 0.1) is 11.3 Å². The number of halogens is 2. The van der Waals surface area contributed by atoms with Gasteiger partial charge in [0.2, 0.25) is 0 Å². The number of anilines is 2. The molecule has 0 saturated carbocycles. The summed E-state index contributed by atoms with van der Waals surface area (Å²) in [5, 5.41) is 5.28. The van der Waals surface area contributed by atoms with Gasteiger partial charge in [-0.1, -0.05) is 15.9 Å². The van der Waals surface area contributed by atoms with Gasteiger partial charge in [-0.3, -0.25) is 9.59 Å². The smallest absolute Gasteiger partial charge is 0.265 e. The maximum atomic E-state index is 13.8. The van der Waals surface area contributed by atoms with Crippen LogP contribution in [0.2, 0.25) is 0 Å². The highest BCUT2D eigenvalue weighted by Gasteiger charge is 2.23. The van der Waals surface area contributed by atoms with Crippen LogP contribution in [-0.2, 0) is 4.79 Å². The summed E-state index contributed by atoms with van der Waals surface area (Å²) in [5.74, 6) is -0.948. The molecule has 118 valence electrons. The van der Waals surface area contributed by atoms with Gasteiger partial charge >= 0.3 is 0 Å². The van der Waals surface area contributed by atoms with Crippen molar-refractivity contribution in [3.63, 3.8) is 0 Å². The first-order valence-electron chi connectivity index (χ1n) is 6.82. The normalized spacial score (nSPS) is 16.1. The van der Waals surface area contributed by atoms with Gasteiger partial charge in [-0.25, -0.2) is 4.39 Å². The van der Waals surface area contributed by atoms with Crippen LogP contribution in [0.15, 0.2) is 40.9 Å². The highest BCUT2D eigenvalue weighted by molar-refractivity contribution is 9.10. The molecule has 1 atom stereocenters. The number of ether oxygens (including phenoxy) is 1. The summed E-state index contributed by atoms with van der Waals surface area (Å²) < 4.78 is 19.8. The summed E-state index contributed by atoms with van der Waals surface area (Å²) >= 11 is 3.14. The number of fused-ring (bicyclic) bond motifs is 1. The Kier molecular flexibility index (Phi) is 4.04. The van der Waals surface area contributed by atoms with E-state index in [9.17, 15) is 14.0 Å². The number of nitrogens with one attached hydrogen (secondary N) is 2. The lowest BCUT2D eigenvalue weighted by molar-refractivity contribution is -0.122. The second kappa shape index (κ2) is 6.00. The molecule has 1 aliphatic heterocycles. The lowest BCUT2D eigenvalue weighted by atomic mass is 10.1. The zero-order valence-electron chi connectivity index (χ0n) is 12.0. The molecular weight excluding hydrogens is 367 g/mol. The monoisotopic (exact) mass is 378 g/mol. The molecule has 2 amide bonds. The van der Waals surface area contributed by atoms with Crippen molar-refractivity contribution in [3.05, 3.63) is 52.3 Å². The van der Waals surface area contributed by atoms with Crippen molar-refractivity contribution in [3.8, 4) is 5.75 Å². The average molecular weight is 379 g/mol. The van der Waals surface area contributed by atoms with Crippen LogP contribution in [0.25, 0.3) is 0 Å². The van der Waals surface area contributed by atoms with Gasteiger partial charge in [0.15, 0.2) is 6.10 Å². The first-order valence-corrected chi connectivity index (χ1v) is 7.61. The van der Waals surface area contributed by atoms with Crippen molar-refractivity contribution in [1.82, 2.24) is 0 Å². The fraction of sp³-hybridized carbons (Fsp3) is 0.125. The molecule has 0 saturated heterocycles. The lowest BCUT2D eigenvalue weighted by Gasteiger charge is -2.23. The number of carbonyl (C=O) groups is 2. The zero-order valence-corrected chi connectivity index (χ0v) is 13.6. The molecule has 2 aromatic rings. The van der Waals surface area contributed by atoms with E-state index in [1.54, 1.807) is 31.2 Å². The molecule has 1 heterocycles. The number of hydrogen-bond donors (Lipinski definition) is 2. The van der Waals surface area contributed by atoms with Crippen LogP contribution in [0.1, 0.15) is 17.3 Å². The van der Waals surface area contributed by atoms with Crippen LogP contribution in [0.4, 0.5) is 15.8 Å². The Morgan fingerprint density at radius 1 is 1.30 bits per heavy atom. The lowest BCUT2D eigenvalue weighted by Crippen LogP contribution is -2.34. The number of carbonyl (C=O) groups excluding carboxylic acids is 2. The van der Waals surface area contributed by atoms with Crippen LogP contribution in [0.3, 0.4) is 0 Å². The van der Waals surface area contributed by atoms with E-state index in [1.807, 2.05) is 0 Å². The van der Waals surface area contributed by atoms with Crippen molar-refractivity contribution < 1.29 is 18.7 Å². The Bertz CT molecular complexity index is 810. The predicted molar refractivity (Wildman–Crippen MR) is 87.2 cm³/mol. The minimum absolute atomic E-state index is 0.0696. The Morgan fingerprint density at radius 2 is 2.09 bits per heavy atom. The van der Waals surface area contributed by atoms with Gasteiger partial charge < -0.3 is 15.4 Å². The van der Waals surface area contributed by atoms with Gasteiger partial charge in [0.1, 0.15) is 11.6 Å². The van der Waals surface area contributed by atoms with E-state index < -0.39 is 17.8 Å². The number of amides is 2. The second-order valence-corrected chi connectivity index (χ2v) is 5.95.